The van der Waals surface area contributed by atoms with Crippen LogP contribution < -0.4 is 0 Å². The number of likely N-dealkylation sites (N-methyl/N-ethyl adjacent to an activating group) is 1. The number of rotatable bonds is 19. The van der Waals surface area contributed by atoms with Crippen LogP contribution in [-0.2, 0) is 59.7 Å². The van der Waals surface area contributed by atoms with E-state index in [2.05, 4.69) is 4.90 Å². The summed E-state index contributed by atoms with van der Waals surface area (Å²) in [6, 6.07) is 37.8. The standard InChI is InChI=1S/C40H46N2O8/c1-41-22-24-42(25-23-41)39(44)37(48-27-33-16-8-3-9-17-33)36(47-26-32-14-6-2-7-15-32)38(49-28-34-18-10-4-11-19-34)40(45,30-46-31-43)50-29-35-20-12-5-13-21-35/h2-21,31,36-38,45H,22-30H2,1H3/t36-,37-,38+,40?/m1/s1. The van der Waals surface area contributed by atoms with Crippen molar-refractivity contribution in [3.05, 3.63) is 144 Å². The number of ether oxygens (including phenoxy) is 5. The van der Waals surface area contributed by atoms with Crippen molar-refractivity contribution < 1.29 is 38.4 Å². The number of piperazine rings is 1. The first-order valence-corrected chi connectivity index (χ1v) is 16.8. The molecule has 1 N–H and O–H groups in total. The second-order valence-electron chi connectivity index (χ2n) is 12.4. The molecule has 264 valence electrons. The zero-order valence-corrected chi connectivity index (χ0v) is 28.4. The number of carbonyl (C=O) groups excluding carboxylic acids is 2. The fourth-order valence-corrected chi connectivity index (χ4v) is 5.76. The quantitative estimate of drug-likeness (QED) is 0.112. The summed E-state index contributed by atoms with van der Waals surface area (Å²) < 4.78 is 31.2. The van der Waals surface area contributed by atoms with Crippen LogP contribution in [0.5, 0.6) is 0 Å². The third kappa shape index (κ3) is 10.8. The molecule has 1 heterocycles. The summed E-state index contributed by atoms with van der Waals surface area (Å²) in [5.74, 6) is -2.58. The van der Waals surface area contributed by atoms with Crippen molar-refractivity contribution in [2.75, 3.05) is 39.8 Å². The molecular weight excluding hydrogens is 636 g/mol. The molecule has 1 aliphatic heterocycles. The Morgan fingerprint density at radius 1 is 0.680 bits per heavy atom. The summed E-state index contributed by atoms with van der Waals surface area (Å²) >= 11 is 0. The number of aliphatic hydroxyl groups is 1. The number of amides is 1. The van der Waals surface area contributed by atoms with Crippen LogP contribution in [0.15, 0.2) is 121 Å². The molecule has 10 nitrogen and oxygen atoms in total. The van der Waals surface area contributed by atoms with Crippen molar-refractivity contribution in [3.63, 3.8) is 0 Å². The molecule has 0 aliphatic carbocycles. The zero-order chi connectivity index (χ0) is 35.0. The van der Waals surface area contributed by atoms with Gasteiger partial charge in [0.15, 0.2) is 6.10 Å². The smallest absolute Gasteiger partial charge is 0.293 e. The molecule has 4 atom stereocenters. The average Bonchev–Trinajstić information content (AvgIpc) is 3.17. The Kier molecular flexibility index (Phi) is 14.1. The Morgan fingerprint density at radius 3 is 1.60 bits per heavy atom. The molecule has 0 aromatic heterocycles. The van der Waals surface area contributed by atoms with E-state index in [4.69, 9.17) is 23.7 Å². The van der Waals surface area contributed by atoms with Gasteiger partial charge in [0, 0.05) is 26.2 Å². The molecule has 1 unspecified atom stereocenters. The van der Waals surface area contributed by atoms with Crippen LogP contribution in [0.1, 0.15) is 22.3 Å². The first kappa shape index (κ1) is 36.9. The summed E-state index contributed by atoms with van der Waals surface area (Å²) in [6.07, 6.45) is -3.86. The van der Waals surface area contributed by atoms with Crippen molar-refractivity contribution in [3.8, 4) is 0 Å². The lowest BCUT2D eigenvalue weighted by Gasteiger charge is -2.43. The number of benzene rings is 4. The fraction of sp³-hybridized carbons (Fsp3) is 0.350. The number of hydrogen-bond acceptors (Lipinski definition) is 9. The third-order valence-electron chi connectivity index (χ3n) is 8.62. The van der Waals surface area contributed by atoms with Gasteiger partial charge in [-0.3, -0.25) is 9.59 Å². The van der Waals surface area contributed by atoms with Gasteiger partial charge in [0.05, 0.1) is 26.4 Å². The van der Waals surface area contributed by atoms with Gasteiger partial charge in [-0.25, -0.2) is 0 Å². The molecule has 1 amide bonds. The SMILES string of the molecule is CN1CCN(C(=O)[C@H](OCc2ccccc2)[C@@H](OCc2ccccc2)[C@H](OCc2ccccc2)C(O)(COC=O)OCc2ccccc2)CC1. The minimum Gasteiger partial charge on any atom is -0.462 e. The second-order valence-corrected chi connectivity index (χ2v) is 12.4. The molecule has 1 fully saturated rings. The Labute approximate surface area is 294 Å². The maximum absolute atomic E-state index is 14.6. The Morgan fingerprint density at radius 2 is 1.12 bits per heavy atom. The van der Waals surface area contributed by atoms with Gasteiger partial charge >= 0.3 is 0 Å². The van der Waals surface area contributed by atoms with Gasteiger partial charge in [0.2, 0.25) is 5.79 Å². The maximum Gasteiger partial charge on any atom is 0.293 e. The van der Waals surface area contributed by atoms with E-state index in [1.54, 1.807) is 4.90 Å². The lowest BCUT2D eigenvalue weighted by Crippen LogP contribution is -2.62. The first-order chi connectivity index (χ1) is 24.4. The van der Waals surface area contributed by atoms with Crippen LogP contribution in [0.2, 0.25) is 0 Å². The molecule has 50 heavy (non-hydrogen) atoms. The molecule has 0 saturated carbocycles. The molecule has 0 bridgehead atoms. The minimum absolute atomic E-state index is 0.0307. The molecule has 4 aromatic carbocycles. The fourth-order valence-electron chi connectivity index (χ4n) is 5.76. The van der Waals surface area contributed by atoms with E-state index < -0.39 is 30.7 Å². The highest BCUT2D eigenvalue weighted by Crippen LogP contribution is 2.30. The van der Waals surface area contributed by atoms with E-state index in [9.17, 15) is 14.7 Å². The van der Waals surface area contributed by atoms with Crippen LogP contribution in [0.25, 0.3) is 0 Å². The van der Waals surface area contributed by atoms with Crippen molar-refractivity contribution in [1.82, 2.24) is 9.80 Å². The van der Waals surface area contributed by atoms with Crippen LogP contribution >= 0.6 is 0 Å². The Bertz CT molecular complexity index is 1560. The molecule has 1 saturated heterocycles. The predicted molar refractivity (Wildman–Crippen MR) is 187 cm³/mol. The van der Waals surface area contributed by atoms with Crippen molar-refractivity contribution >= 4 is 12.4 Å². The van der Waals surface area contributed by atoms with E-state index in [0.29, 0.717) is 26.2 Å². The second kappa shape index (κ2) is 19.1. The molecular formula is C40H46N2O8. The van der Waals surface area contributed by atoms with Crippen molar-refractivity contribution in [1.29, 1.82) is 0 Å². The normalized spacial score (nSPS) is 16.6. The van der Waals surface area contributed by atoms with Crippen LogP contribution in [0, 0.1) is 0 Å². The summed E-state index contributed by atoms with van der Waals surface area (Å²) in [6.45, 7) is 2.16. The number of nitrogens with zero attached hydrogens (tertiary/aromatic N) is 2. The summed E-state index contributed by atoms with van der Waals surface area (Å²) in [7, 11) is 2.02. The third-order valence-corrected chi connectivity index (χ3v) is 8.62. The van der Waals surface area contributed by atoms with Gasteiger partial charge in [-0.2, -0.15) is 0 Å². The van der Waals surface area contributed by atoms with Gasteiger partial charge in [-0.15, -0.1) is 0 Å². The van der Waals surface area contributed by atoms with E-state index in [-0.39, 0.29) is 38.8 Å². The van der Waals surface area contributed by atoms with Crippen LogP contribution in [0.4, 0.5) is 0 Å². The maximum atomic E-state index is 14.6. The summed E-state index contributed by atoms with van der Waals surface area (Å²) in [5.41, 5.74) is 3.28. The van der Waals surface area contributed by atoms with E-state index in [0.717, 1.165) is 22.3 Å². The minimum atomic E-state index is -2.27. The van der Waals surface area contributed by atoms with Crippen molar-refractivity contribution in [2.45, 2.75) is 50.5 Å². The Balaban J connectivity index is 1.57. The predicted octanol–water partition coefficient (Wildman–Crippen LogP) is 4.60. The molecule has 0 spiro atoms. The molecule has 0 radical (unpaired) electrons. The number of carbonyl (C=O) groups is 2. The Hall–Kier alpha value is -4.42. The van der Waals surface area contributed by atoms with Gasteiger partial charge in [0.25, 0.3) is 12.4 Å². The first-order valence-electron chi connectivity index (χ1n) is 16.8. The van der Waals surface area contributed by atoms with Crippen LogP contribution in [-0.4, -0.2) is 91.2 Å². The molecule has 4 aromatic rings. The highest BCUT2D eigenvalue weighted by atomic mass is 16.7. The highest BCUT2D eigenvalue weighted by Gasteiger charge is 2.51. The van der Waals surface area contributed by atoms with Gasteiger partial charge < -0.3 is 38.6 Å². The lowest BCUT2D eigenvalue weighted by atomic mass is 9.97. The van der Waals surface area contributed by atoms with Crippen molar-refractivity contribution in [2.24, 2.45) is 0 Å². The summed E-state index contributed by atoms with van der Waals surface area (Å²) in [5, 5.41) is 12.5. The zero-order valence-electron chi connectivity index (χ0n) is 28.4. The average molecular weight is 683 g/mol. The van der Waals surface area contributed by atoms with E-state index in [1.807, 2.05) is 128 Å². The van der Waals surface area contributed by atoms with E-state index in [1.165, 1.54) is 0 Å². The summed E-state index contributed by atoms with van der Waals surface area (Å²) in [4.78, 5) is 30.1. The van der Waals surface area contributed by atoms with Gasteiger partial charge in [-0.1, -0.05) is 121 Å². The molecule has 5 rings (SSSR count). The van der Waals surface area contributed by atoms with Crippen LogP contribution in [0.3, 0.4) is 0 Å². The van der Waals surface area contributed by atoms with Gasteiger partial charge in [0.1, 0.15) is 18.8 Å². The monoisotopic (exact) mass is 682 g/mol. The van der Waals surface area contributed by atoms with Gasteiger partial charge in [-0.05, 0) is 29.3 Å². The molecule has 1 aliphatic rings. The largest absolute Gasteiger partial charge is 0.462 e. The molecule has 10 heteroatoms. The topological polar surface area (TPSA) is 107 Å². The lowest BCUT2D eigenvalue weighted by molar-refractivity contribution is -0.318. The highest BCUT2D eigenvalue weighted by molar-refractivity contribution is 5.82. The number of hydrogen-bond donors (Lipinski definition) is 1. The van der Waals surface area contributed by atoms with E-state index >= 15 is 0 Å².